The lowest BCUT2D eigenvalue weighted by Gasteiger charge is -2.43. The monoisotopic (exact) mass is 1020 g/mol. The first-order valence-corrected chi connectivity index (χ1v) is 27.4. The number of likely N-dealkylation sites (N-methyl/N-ethyl adjacent to an activating group) is 1. The fourth-order valence-electron chi connectivity index (χ4n) is 8.31. The van der Waals surface area contributed by atoms with Crippen molar-refractivity contribution in [2.75, 3.05) is 172 Å². The van der Waals surface area contributed by atoms with Crippen LogP contribution < -0.4 is 10.4 Å². The van der Waals surface area contributed by atoms with Crippen molar-refractivity contribution >= 4 is 24.8 Å². The van der Waals surface area contributed by atoms with Crippen LogP contribution in [0.1, 0.15) is 37.8 Å². The molecule has 0 saturated heterocycles. The Labute approximate surface area is 429 Å². The van der Waals surface area contributed by atoms with Gasteiger partial charge in [-0.05, 0) is 37.7 Å². The lowest BCUT2D eigenvalue weighted by molar-refractivity contribution is -0.0278. The number of fused-ring (bicyclic) bond motifs is 3. The molecule has 0 unspecified atom stereocenters. The van der Waals surface area contributed by atoms with Crippen molar-refractivity contribution in [2.24, 2.45) is 0 Å². The third-order valence-electron chi connectivity index (χ3n) is 11.9. The molecule has 5 rings (SSSR count). The molecule has 1 aliphatic rings. The van der Waals surface area contributed by atoms with Crippen LogP contribution in [0.5, 0.6) is 0 Å². The van der Waals surface area contributed by atoms with E-state index in [1.54, 1.807) is 7.05 Å². The Morgan fingerprint density at radius 3 is 1.04 bits per heavy atom. The first-order chi connectivity index (χ1) is 35.3. The lowest BCUT2D eigenvalue weighted by atomic mass is 9.98. The first-order valence-electron chi connectivity index (χ1n) is 25.5. The van der Waals surface area contributed by atoms with Crippen molar-refractivity contribution in [1.82, 2.24) is 4.90 Å². The number of ether oxygens (including phenoxy) is 12. The van der Waals surface area contributed by atoms with Crippen LogP contribution in [0.3, 0.4) is 0 Å². The predicted octanol–water partition coefficient (Wildman–Crippen LogP) is 6.63. The van der Waals surface area contributed by atoms with E-state index < -0.39 is 8.32 Å². The smallest absolute Gasteiger partial charge is 0.409 e. The van der Waals surface area contributed by atoms with Crippen LogP contribution in [0, 0.1) is 0 Å². The van der Waals surface area contributed by atoms with Crippen molar-refractivity contribution < 1.29 is 66.1 Å². The van der Waals surface area contributed by atoms with E-state index in [-0.39, 0.29) is 17.0 Å². The van der Waals surface area contributed by atoms with Gasteiger partial charge < -0.3 is 66.2 Å². The molecule has 72 heavy (non-hydrogen) atoms. The van der Waals surface area contributed by atoms with Crippen LogP contribution in [0.15, 0.2) is 109 Å². The average Bonchev–Trinajstić information content (AvgIpc) is 3.72. The van der Waals surface area contributed by atoms with E-state index in [0.29, 0.717) is 165 Å². The highest BCUT2D eigenvalue weighted by Gasteiger charge is 2.50. The molecule has 0 atom stereocenters. The quantitative estimate of drug-likeness (QED) is 0.0347. The molecule has 4 aromatic carbocycles. The van der Waals surface area contributed by atoms with Crippen molar-refractivity contribution in [3.8, 4) is 11.1 Å². The molecular formula is C56H81NO14Si. The SMILES string of the molecule is CN(CCOCCOCCOCCOCCOCCOCCOCCOCCOCCOCCOCCO[Si](c1ccccc1)(c1ccccc1)C(C)(C)C)C(=O)OCC1c2ccccc2-c2ccccc21. The first kappa shape index (κ1) is 58.8. The highest BCUT2D eigenvalue weighted by atomic mass is 28.4. The maximum absolute atomic E-state index is 12.7. The minimum Gasteiger partial charge on any atom is -0.448 e. The molecule has 0 radical (unpaired) electrons. The molecular weight excluding hydrogens is 939 g/mol. The van der Waals surface area contributed by atoms with Gasteiger partial charge >= 0.3 is 6.09 Å². The van der Waals surface area contributed by atoms with Crippen LogP contribution in [-0.2, 0) is 61.3 Å². The third-order valence-corrected chi connectivity index (χ3v) is 16.9. The molecule has 0 saturated carbocycles. The summed E-state index contributed by atoms with van der Waals surface area (Å²) in [6, 6.07) is 37.9. The second-order valence-electron chi connectivity index (χ2n) is 18.0. The van der Waals surface area contributed by atoms with Gasteiger partial charge in [0.25, 0.3) is 8.32 Å². The molecule has 4 aromatic rings. The van der Waals surface area contributed by atoms with Gasteiger partial charge in [0.15, 0.2) is 0 Å². The van der Waals surface area contributed by atoms with Gasteiger partial charge in [-0.1, -0.05) is 130 Å². The zero-order valence-corrected chi connectivity index (χ0v) is 44.3. The maximum Gasteiger partial charge on any atom is 0.409 e. The van der Waals surface area contributed by atoms with Crippen LogP contribution in [0.25, 0.3) is 11.1 Å². The fraction of sp³-hybridized carbons (Fsp3) is 0.554. The fourth-order valence-corrected chi connectivity index (χ4v) is 12.9. The zero-order valence-electron chi connectivity index (χ0n) is 43.3. The summed E-state index contributed by atoms with van der Waals surface area (Å²) >= 11 is 0. The molecule has 16 heteroatoms. The van der Waals surface area contributed by atoms with Gasteiger partial charge in [-0.3, -0.25) is 0 Å². The minimum absolute atomic E-state index is 0.0337. The highest BCUT2D eigenvalue weighted by molar-refractivity contribution is 6.99. The molecule has 15 nitrogen and oxygen atoms in total. The molecule has 398 valence electrons. The van der Waals surface area contributed by atoms with Crippen LogP contribution in [0.2, 0.25) is 5.04 Å². The summed E-state index contributed by atoms with van der Waals surface area (Å²) in [6.07, 6.45) is -0.366. The van der Waals surface area contributed by atoms with Gasteiger partial charge in [-0.2, -0.15) is 0 Å². The average molecular weight is 1020 g/mol. The molecule has 0 N–H and O–H groups in total. The number of nitrogens with zero attached hydrogens (tertiary/aromatic N) is 1. The van der Waals surface area contributed by atoms with Crippen LogP contribution >= 0.6 is 0 Å². The number of carbonyl (C=O) groups is 1. The Balaban J connectivity index is 0.695. The zero-order chi connectivity index (χ0) is 50.8. The minimum atomic E-state index is -2.55. The summed E-state index contributed by atoms with van der Waals surface area (Å²) in [5.74, 6) is 0.0337. The van der Waals surface area contributed by atoms with Gasteiger partial charge in [0.2, 0.25) is 0 Å². The Morgan fingerprint density at radius 2 is 0.708 bits per heavy atom. The van der Waals surface area contributed by atoms with Gasteiger partial charge in [0.05, 0.1) is 152 Å². The highest BCUT2D eigenvalue weighted by Crippen LogP contribution is 2.44. The maximum atomic E-state index is 12.7. The molecule has 1 amide bonds. The van der Waals surface area contributed by atoms with Gasteiger partial charge in [0, 0.05) is 19.5 Å². The Hall–Kier alpha value is -4.11. The third kappa shape index (κ3) is 20.7. The van der Waals surface area contributed by atoms with Crippen LogP contribution in [-0.4, -0.2) is 191 Å². The van der Waals surface area contributed by atoms with Crippen molar-refractivity contribution in [1.29, 1.82) is 0 Å². The second-order valence-corrected chi connectivity index (χ2v) is 22.3. The summed E-state index contributed by atoms with van der Waals surface area (Å²) in [5, 5.41) is 2.46. The molecule has 0 fully saturated rings. The van der Waals surface area contributed by atoms with Crippen molar-refractivity contribution in [3.63, 3.8) is 0 Å². The lowest BCUT2D eigenvalue weighted by Crippen LogP contribution is -2.66. The van der Waals surface area contributed by atoms with Crippen molar-refractivity contribution in [2.45, 2.75) is 31.7 Å². The van der Waals surface area contributed by atoms with Crippen LogP contribution in [0.4, 0.5) is 4.79 Å². The summed E-state index contributed by atoms with van der Waals surface area (Å²) in [6.45, 7) is 18.5. The molecule has 0 aromatic heterocycles. The topological polar surface area (TPSA) is 140 Å². The number of rotatable bonds is 41. The van der Waals surface area contributed by atoms with E-state index in [1.807, 2.05) is 24.3 Å². The van der Waals surface area contributed by atoms with Gasteiger partial charge in [-0.15, -0.1) is 0 Å². The van der Waals surface area contributed by atoms with E-state index in [4.69, 9.17) is 61.3 Å². The summed E-state index contributed by atoms with van der Waals surface area (Å²) < 4.78 is 74.3. The Morgan fingerprint density at radius 1 is 0.417 bits per heavy atom. The Bertz CT molecular complexity index is 1920. The molecule has 0 bridgehead atoms. The number of hydrogen-bond donors (Lipinski definition) is 0. The number of hydrogen-bond acceptors (Lipinski definition) is 14. The molecule has 0 aliphatic heterocycles. The molecule has 0 spiro atoms. The largest absolute Gasteiger partial charge is 0.448 e. The normalized spacial score (nSPS) is 12.6. The molecule has 1 aliphatic carbocycles. The number of amides is 1. The van der Waals surface area contributed by atoms with Crippen molar-refractivity contribution in [3.05, 3.63) is 120 Å². The predicted molar refractivity (Wildman–Crippen MR) is 280 cm³/mol. The van der Waals surface area contributed by atoms with E-state index in [9.17, 15) is 4.79 Å². The summed E-state index contributed by atoms with van der Waals surface area (Å²) in [7, 11) is -0.838. The summed E-state index contributed by atoms with van der Waals surface area (Å²) in [4.78, 5) is 14.2. The van der Waals surface area contributed by atoms with E-state index >= 15 is 0 Å². The van der Waals surface area contributed by atoms with E-state index in [2.05, 4.69) is 106 Å². The second kappa shape index (κ2) is 35.2. The summed E-state index contributed by atoms with van der Waals surface area (Å²) in [5.41, 5.74) is 4.79. The van der Waals surface area contributed by atoms with Gasteiger partial charge in [-0.25, -0.2) is 4.79 Å². The molecule has 0 heterocycles. The standard InChI is InChI=1S/C56H81NO14Si/c1-56(2,3)72(48-15-7-5-8-16-48,49-17-9-6-10-18-49)71-46-45-69-44-43-68-42-41-67-40-39-66-38-37-65-36-35-64-34-33-63-32-31-62-30-29-61-28-27-60-26-25-59-24-23-57(4)55(58)70-47-54-52-21-13-11-19-50(52)51-20-12-14-22-53(51)54/h5-22,54H,23-47H2,1-4H3. The number of benzene rings is 4. The van der Waals surface area contributed by atoms with E-state index in [0.717, 1.165) is 0 Å². The Kier molecular flexibility index (Phi) is 28.7. The number of carbonyl (C=O) groups excluding carboxylic acids is 1. The van der Waals surface area contributed by atoms with E-state index in [1.165, 1.54) is 37.5 Å². The van der Waals surface area contributed by atoms with Gasteiger partial charge in [0.1, 0.15) is 6.61 Å².